The van der Waals surface area contributed by atoms with E-state index in [1.54, 1.807) is 0 Å². The first-order valence-corrected chi connectivity index (χ1v) is 5.73. The molecule has 0 radical (unpaired) electrons. The summed E-state index contributed by atoms with van der Waals surface area (Å²) in [5.41, 5.74) is -0.895. The first kappa shape index (κ1) is 13.2. The topological polar surface area (TPSA) is 48.4 Å². The van der Waals surface area contributed by atoms with Crippen molar-refractivity contribution < 1.29 is 18.5 Å². The monoisotopic (exact) mass is 251 g/mol. The number of hydrogen-bond acceptors (Lipinski definition) is 4. The number of aldehydes is 1. The van der Waals surface area contributed by atoms with Gasteiger partial charge in [0.05, 0.1) is 17.4 Å². The largest absolute Gasteiger partial charge is 0.498 e. The van der Waals surface area contributed by atoms with E-state index in [0.717, 1.165) is 6.20 Å². The molecule has 0 N–H and O–H groups in total. The second-order valence-corrected chi connectivity index (χ2v) is 5.33. The first-order valence-electron chi connectivity index (χ1n) is 5.73. The molecule has 0 atom stereocenters. The molecule has 1 saturated heterocycles. The molecule has 0 aliphatic carbocycles. The lowest BCUT2D eigenvalue weighted by Gasteiger charge is -2.32. The normalized spacial score (nSPS) is 21.1. The van der Waals surface area contributed by atoms with Crippen LogP contribution in [0.2, 0.25) is 0 Å². The van der Waals surface area contributed by atoms with Gasteiger partial charge in [0, 0.05) is 17.2 Å². The lowest BCUT2D eigenvalue weighted by molar-refractivity contribution is 0.00578. The highest BCUT2D eigenvalue weighted by molar-refractivity contribution is 6.63. The van der Waals surface area contributed by atoms with Crippen molar-refractivity contribution >= 4 is 18.9 Å². The fourth-order valence-electron chi connectivity index (χ4n) is 1.76. The molecule has 0 saturated carbocycles. The molecular weight excluding hydrogens is 236 g/mol. The van der Waals surface area contributed by atoms with Gasteiger partial charge in [-0.3, -0.25) is 9.78 Å². The van der Waals surface area contributed by atoms with Crippen LogP contribution in [0.3, 0.4) is 0 Å². The summed E-state index contributed by atoms with van der Waals surface area (Å²) in [6.07, 6.45) is 2.90. The number of hydrogen-bond donors (Lipinski definition) is 0. The molecule has 0 aromatic carbocycles. The number of rotatable bonds is 2. The lowest BCUT2D eigenvalue weighted by Crippen LogP contribution is -2.41. The van der Waals surface area contributed by atoms with Crippen LogP contribution < -0.4 is 5.46 Å². The molecule has 0 amide bonds. The quantitative estimate of drug-likeness (QED) is 0.587. The average Bonchev–Trinajstić information content (AvgIpc) is 2.47. The van der Waals surface area contributed by atoms with Crippen LogP contribution >= 0.6 is 0 Å². The van der Waals surface area contributed by atoms with Gasteiger partial charge in [0.2, 0.25) is 0 Å². The second kappa shape index (κ2) is 4.14. The zero-order valence-corrected chi connectivity index (χ0v) is 10.9. The maximum atomic E-state index is 13.8. The summed E-state index contributed by atoms with van der Waals surface area (Å²) in [6.45, 7) is 7.47. The standard InChI is InChI=1S/C12H15BFNO3/c1-11(2)12(3,4)18-13(17-11)10-8(7-16)5-15-6-9(10)14/h5-7H,1-4H3. The molecule has 1 aromatic rings. The summed E-state index contributed by atoms with van der Waals surface area (Å²) in [5.74, 6) is -0.599. The fourth-order valence-corrected chi connectivity index (χ4v) is 1.76. The van der Waals surface area contributed by atoms with Crippen molar-refractivity contribution in [3.05, 3.63) is 23.8 Å². The van der Waals surface area contributed by atoms with Gasteiger partial charge in [0.15, 0.2) is 6.29 Å². The molecule has 1 fully saturated rings. The summed E-state index contributed by atoms with van der Waals surface area (Å²) >= 11 is 0. The van der Waals surface area contributed by atoms with Crippen LogP contribution in [0.5, 0.6) is 0 Å². The number of carbonyl (C=O) groups is 1. The third kappa shape index (κ3) is 1.95. The molecule has 0 spiro atoms. The Kier molecular flexibility index (Phi) is 3.03. The van der Waals surface area contributed by atoms with Crippen LogP contribution in [0.15, 0.2) is 12.4 Å². The number of pyridine rings is 1. The first-order chi connectivity index (χ1) is 8.28. The zero-order chi connectivity index (χ0) is 13.6. The van der Waals surface area contributed by atoms with E-state index in [2.05, 4.69) is 4.98 Å². The van der Waals surface area contributed by atoms with Gasteiger partial charge < -0.3 is 9.31 Å². The van der Waals surface area contributed by atoms with E-state index in [4.69, 9.17) is 9.31 Å². The summed E-state index contributed by atoms with van der Waals surface area (Å²) in [7, 11) is -0.891. The molecule has 0 unspecified atom stereocenters. The Morgan fingerprint density at radius 2 is 1.78 bits per heavy atom. The molecule has 6 heteroatoms. The van der Waals surface area contributed by atoms with Crippen molar-refractivity contribution in [1.82, 2.24) is 4.98 Å². The highest BCUT2D eigenvalue weighted by Gasteiger charge is 2.53. The van der Waals surface area contributed by atoms with Crippen molar-refractivity contribution in [3.8, 4) is 0 Å². The number of nitrogens with zero attached hydrogens (tertiary/aromatic N) is 1. The predicted octanol–water partition coefficient (Wildman–Crippen LogP) is 1.33. The van der Waals surface area contributed by atoms with E-state index >= 15 is 0 Å². The van der Waals surface area contributed by atoms with E-state index in [1.165, 1.54) is 6.20 Å². The van der Waals surface area contributed by atoms with Crippen molar-refractivity contribution in [1.29, 1.82) is 0 Å². The summed E-state index contributed by atoms with van der Waals surface area (Å²) in [5, 5.41) is 0. The van der Waals surface area contributed by atoms with Crippen LogP contribution in [0.1, 0.15) is 38.1 Å². The Morgan fingerprint density at radius 1 is 1.22 bits per heavy atom. The third-order valence-corrected chi connectivity index (χ3v) is 3.59. The van der Waals surface area contributed by atoms with Gasteiger partial charge in [0.1, 0.15) is 5.82 Å². The average molecular weight is 251 g/mol. The Hall–Kier alpha value is -1.27. The van der Waals surface area contributed by atoms with Crippen molar-refractivity contribution in [2.75, 3.05) is 0 Å². The maximum absolute atomic E-state index is 13.8. The molecule has 96 valence electrons. The van der Waals surface area contributed by atoms with Gasteiger partial charge in [-0.05, 0) is 27.7 Å². The lowest BCUT2D eigenvalue weighted by atomic mass is 9.76. The Morgan fingerprint density at radius 3 is 2.28 bits per heavy atom. The molecule has 0 bridgehead atoms. The molecule has 1 aliphatic heterocycles. The summed E-state index contributed by atoms with van der Waals surface area (Å²) in [6, 6.07) is 0. The molecule has 4 nitrogen and oxygen atoms in total. The summed E-state index contributed by atoms with van der Waals surface area (Å²) < 4.78 is 25.3. The van der Waals surface area contributed by atoms with Crippen molar-refractivity contribution in [3.63, 3.8) is 0 Å². The van der Waals surface area contributed by atoms with Crippen LogP contribution in [0, 0.1) is 5.82 Å². The minimum Gasteiger partial charge on any atom is -0.399 e. The second-order valence-electron chi connectivity index (χ2n) is 5.33. The maximum Gasteiger partial charge on any atom is 0.498 e. The Balaban J connectivity index is 2.44. The van der Waals surface area contributed by atoms with Crippen molar-refractivity contribution in [2.24, 2.45) is 0 Å². The van der Waals surface area contributed by atoms with Gasteiger partial charge in [-0.2, -0.15) is 0 Å². The Bertz CT molecular complexity index is 474. The summed E-state index contributed by atoms with van der Waals surface area (Å²) in [4.78, 5) is 14.6. The SMILES string of the molecule is CC1(C)OB(c2c(F)cncc2C=O)OC1(C)C. The van der Waals surface area contributed by atoms with Gasteiger partial charge in [-0.25, -0.2) is 4.39 Å². The number of halogens is 1. The highest BCUT2D eigenvalue weighted by Crippen LogP contribution is 2.36. The van der Waals surface area contributed by atoms with Gasteiger partial charge in [-0.15, -0.1) is 0 Å². The van der Waals surface area contributed by atoms with Crippen LogP contribution in [-0.2, 0) is 9.31 Å². The van der Waals surface area contributed by atoms with Crippen LogP contribution in [0.25, 0.3) is 0 Å². The molecule has 18 heavy (non-hydrogen) atoms. The minimum atomic E-state index is -0.891. The van der Waals surface area contributed by atoms with E-state index in [1.807, 2.05) is 27.7 Å². The van der Waals surface area contributed by atoms with E-state index in [0.29, 0.717) is 6.29 Å². The van der Waals surface area contributed by atoms with E-state index in [-0.39, 0.29) is 11.0 Å². The third-order valence-electron chi connectivity index (χ3n) is 3.59. The van der Waals surface area contributed by atoms with E-state index in [9.17, 15) is 9.18 Å². The smallest absolute Gasteiger partial charge is 0.399 e. The molecule has 2 heterocycles. The zero-order valence-electron chi connectivity index (χ0n) is 10.9. The van der Waals surface area contributed by atoms with Crippen molar-refractivity contribution in [2.45, 2.75) is 38.9 Å². The van der Waals surface area contributed by atoms with Gasteiger partial charge in [0.25, 0.3) is 0 Å². The van der Waals surface area contributed by atoms with Crippen LogP contribution in [-0.4, -0.2) is 29.6 Å². The molecular formula is C12H15BFNO3. The van der Waals surface area contributed by atoms with Gasteiger partial charge in [-0.1, -0.05) is 0 Å². The highest BCUT2D eigenvalue weighted by atomic mass is 19.1. The fraction of sp³-hybridized carbons (Fsp3) is 0.500. The van der Waals surface area contributed by atoms with Gasteiger partial charge >= 0.3 is 7.12 Å². The van der Waals surface area contributed by atoms with E-state index < -0.39 is 24.1 Å². The minimum absolute atomic E-state index is 0.110. The number of carbonyl (C=O) groups excluding carboxylic acids is 1. The Labute approximate surface area is 106 Å². The number of aromatic nitrogens is 1. The predicted molar refractivity (Wildman–Crippen MR) is 65.3 cm³/mol. The van der Waals surface area contributed by atoms with Crippen LogP contribution in [0.4, 0.5) is 4.39 Å². The molecule has 1 aliphatic rings. The molecule has 1 aromatic heterocycles. The molecule has 2 rings (SSSR count).